The number of ether oxygens (including phenoxy) is 3. The Bertz CT molecular complexity index is 402. The third-order valence-electron chi connectivity index (χ3n) is 5.97. The lowest BCUT2D eigenvalue weighted by atomic mass is 9.61. The van der Waals surface area contributed by atoms with Crippen LogP contribution >= 0.6 is 0 Å². The molecule has 3 nitrogen and oxygen atoms in total. The molecule has 0 radical (unpaired) electrons. The van der Waals surface area contributed by atoms with Gasteiger partial charge in [-0.15, -0.1) is 6.42 Å². The Morgan fingerprint density at radius 3 is 2.57 bits per heavy atom. The van der Waals surface area contributed by atoms with Gasteiger partial charge in [0, 0.05) is 11.8 Å². The highest BCUT2D eigenvalue weighted by atomic mass is 16.8. The molecule has 3 heteroatoms. The average molecular weight is 292 g/mol. The molecule has 0 aromatic carbocycles. The standard InChI is InChI=1S/C18H28O3/c1-5-10-19-17-13(4)15-8-6-11(2)14-9-7-12(3)20-18(21-17)16(14)15/h1,11-18H,6-10H2,2-4H3. The van der Waals surface area contributed by atoms with Crippen LogP contribution in [0.4, 0.5) is 0 Å². The maximum absolute atomic E-state index is 6.20. The predicted octanol–water partition coefficient (Wildman–Crippen LogP) is 3.43. The summed E-state index contributed by atoms with van der Waals surface area (Å²) in [6.45, 7) is 7.13. The molecule has 0 N–H and O–H groups in total. The van der Waals surface area contributed by atoms with E-state index in [-0.39, 0.29) is 18.7 Å². The summed E-state index contributed by atoms with van der Waals surface area (Å²) in [6.07, 6.45) is 10.3. The van der Waals surface area contributed by atoms with Crippen molar-refractivity contribution in [3.8, 4) is 12.3 Å². The second-order valence-corrected chi connectivity index (χ2v) is 7.23. The van der Waals surface area contributed by atoms with Crippen LogP contribution in [0.2, 0.25) is 0 Å². The van der Waals surface area contributed by atoms with Gasteiger partial charge in [-0.2, -0.15) is 0 Å². The average Bonchev–Trinajstić information content (AvgIpc) is 2.63. The van der Waals surface area contributed by atoms with Crippen molar-refractivity contribution >= 4 is 0 Å². The molecule has 3 aliphatic rings. The van der Waals surface area contributed by atoms with Crippen LogP contribution in [0, 0.1) is 41.9 Å². The molecular weight excluding hydrogens is 264 g/mol. The summed E-state index contributed by atoms with van der Waals surface area (Å²) < 4.78 is 18.2. The molecular formula is C18H28O3. The lowest BCUT2D eigenvalue weighted by Crippen LogP contribution is -2.53. The largest absolute Gasteiger partial charge is 0.349 e. The summed E-state index contributed by atoms with van der Waals surface area (Å²) in [5.41, 5.74) is 0. The van der Waals surface area contributed by atoms with Gasteiger partial charge >= 0.3 is 0 Å². The summed E-state index contributed by atoms with van der Waals surface area (Å²) in [4.78, 5) is 0. The Hall–Kier alpha value is -0.560. The van der Waals surface area contributed by atoms with Gasteiger partial charge in [0.15, 0.2) is 12.6 Å². The van der Waals surface area contributed by atoms with E-state index >= 15 is 0 Å². The normalized spacial score (nSPS) is 49.8. The summed E-state index contributed by atoms with van der Waals surface area (Å²) >= 11 is 0. The molecule has 2 saturated heterocycles. The van der Waals surface area contributed by atoms with E-state index in [9.17, 15) is 0 Å². The van der Waals surface area contributed by atoms with Crippen molar-refractivity contribution in [3.63, 3.8) is 0 Å². The summed E-state index contributed by atoms with van der Waals surface area (Å²) in [5, 5.41) is 0. The minimum Gasteiger partial charge on any atom is -0.349 e. The Balaban J connectivity index is 1.83. The lowest BCUT2D eigenvalue weighted by Gasteiger charge is -2.51. The van der Waals surface area contributed by atoms with Crippen molar-refractivity contribution in [2.75, 3.05) is 6.61 Å². The molecule has 2 aliphatic heterocycles. The van der Waals surface area contributed by atoms with E-state index in [2.05, 4.69) is 26.7 Å². The Kier molecular flexibility index (Phi) is 4.59. The molecule has 0 amide bonds. The van der Waals surface area contributed by atoms with E-state index in [0.717, 1.165) is 18.3 Å². The fourth-order valence-corrected chi connectivity index (χ4v) is 4.77. The van der Waals surface area contributed by atoms with Crippen LogP contribution in [0.1, 0.15) is 46.5 Å². The van der Waals surface area contributed by atoms with Crippen molar-refractivity contribution in [1.82, 2.24) is 0 Å². The highest BCUT2D eigenvalue weighted by Gasteiger charge is 2.52. The fraction of sp³-hybridized carbons (Fsp3) is 0.889. The van der Waals surface area contributed by atoms with Crippen molar-refractivity contribution in [3.05, 3.63) is 0 Å². The summed E-state index contributed by atoms with van der Waals surface area (Å²) in [5.74, 6) is 5.62. The Labute approximate surface area is 128 Å². The van der Waals surface area contributed by atoms with Gasteiger partial charge in [-0.05, 0) is 43.9 Å². The first-order valence-electron chi connectivity index (χ1n) is 8.47. The van der Waals surface area contributed by atoms with Gasteiger partial charge in [0.1, 0.15) is 6.61 Å². The van der Waals surface area contributed by atoms with Crippen molar-refractivity contribution in [2.24, 2.45) is 29.6 Å². The van der Waals surface area contributed by atoms with Crippen LogP contribution in [0.15, 0.2) is 0 Å². The number of hydrogen-bond donors (Lipinski definition) is 0. The third-order valence-corrected chi connectivity index (χ3v) is 5.97. The molecule has 1 saturated carbocycles. The van der Waals surface area contributed by atoms with E-state index in [1.54, 1.807) is 0 Å². The summed E-state index contributed by atoms with van der Waals surface area (Å²) in [6, 6.07) is 0. The van der Waals surface area contributed by atoms with E-state index in [0.29, 0.717) is 24.4 Å². The maximum atomic E-state index is 6.20. The maximum Gasteiger partial charge on any atom is 0.164 e. The molecule has 0 aromatic rings. The molecule has 3 rings (SSSR count). The van der Waals surface area contributed by atoms with Gasteiger partial charge in [-0.3, -0.25) is 0 Å². The van der Waals surface area contributed by atoms with Gasteiger partial charge in [-0.1, -0.05) is 26.2 Å². The zero-order valence-electron chi connectivity index (χ0n) is 13.5. The monoisotopic (exact) mass is 292 g/mol. The zero-order chi connectivity index (χ0) is 15.0. The third kappa shape index (κ3) is 2.86. The smallest absolute Gasteiger partial charge is 0.164 e. The Morgan fingerprint density at radius 2 is 1.81 bits per heavy atom. The van der Waals surface area contributed by atoms with Gasteiger partial charge in [0.25, 0.3) is 0 Å². The van der Waals surface area contributed by atoms with Gasteiger partial charge < -0.3 is 14.2 Å². The second-order valence-electron chi connectivity index (χ2n) is 7.23. The number of rotatable bonds is 2. The van der Waals surface area contributed by atoms with E-state index in [1.165, 1.54) is 19.3 Å². The molecule has 0 spiro atoms. The van der Waals surface area contributed by atoms with E-state index in [1.807, 2.05) is 0 Å². The van der Waals surface area contributed by atoms with Gasteiger partial charge in [0.2, 0.25) is 0 Å². The van der Waals surface area contributed by atoms with Gasteiger partial charge in [-0.25, -0.2) is 0 Å². The highest BCUT2D eigenvalue weighted by Crippen LogP contribution is 2.52. The number of terminal acetylenes is 1. The molecule has 3 fully saturated rings. The molecule has 118 valence electrons. The van der Waals surface area contributed by atoms with E-state index < -0.39 is 0 Å². The Morgan fingerprint density at radius 1 is 1.05 bits per heavy atom. The van der Waals surface area contributed by atoms with E-state index in [4.69, 9.17) is 20.6 Å². The first-order valence-corrected chi connectivity index (χ1v) is 8.47. The molecule has 1 aliphatic carbocycles. The quantitative estimate of drug-likeness (QED) is 0.730. The topological polar surface area (TPSA) is 27.7 Å². The van der Waals surface area contributed by atoms with Crippen molar-refractivity contribution in [2.45, 2.75) is 65.1 Å². The summed E-state index contributed by atoms with van der Waals surface area (Å²) in [7, 11) is 0. The molecule has 0 bridgehead atoms. The minimum atomic E-state index is -0.216. The predicted molar refractivity (Wildman–Crippen MR) is 81.3 cm³/mol. The van der Waals surface area contributed by atoms with Crippen molar-refractivity contribution in [1.29, 1.82) is 0 Å². The molecule has 21 heavy (non-hydrogen) atoms. The van der Waals surface area contributed by atoms with Crippen LogP contribution < -0.4 is 0 Å². The second kappa shape index (κ2) is 6.28. The minimum absolute atomic E-state index is 0.112. The molecule has 8 unspecified atom stereocenters. The first-order chi connectivity index (χ1) is 10.1. The van der Waals surface area contributed by atoms with Crippen LogP contribution in [-0.4, -0.2) is 25.3 Å². The molecule has 2 heterocycles. The van der Waals surface area contributed by atoms with Crippen LogP contribution in [-0.2, 0) is 14.2 Å². The molecule has 8 atom stereocenters. The lowest BCUT2D eigenvalue weighted by molar-refractivity contribution is -0.331. The van der Waals surface area contributed by atoms with Crippen LogP contribution in [0.3, 0.4) is 0 Å². The molecule has 0 aromatic heterocycles. The SMILES string of the molecule is C#CCOC1OC2OC(C)CCC3C(C)CCC(C1C)C23. The highest BCUT2D eigenvalue weighted by molar-refractivity contribution is 4.95. The van der Waals surface area contributed by atoms with Gasteiger partial charge in [0.05, 0.1) is 6.10 Å². The fourth-order valence-electron chi connectivity index (χ4n) is 4.77. The van der Waals surface area contributed by atoms with Crippen molar-refractivity contribution < 1.29 is 14.2 Å². The van der Waals surface area contributed by atoms with Crippen LogP contribution in [0.25, 0.3) is 0 Å². The van der Waals surface area contributed by atoms with Crippen LogP contribution in [0.5, 0.6) is 0 Å². The first kappa shape index (κ1) is 15.3. The number of hydrogen-bond acceptors (Lipinski definition) is 3. The zero-order valence-corrected chi connectivity index (χ0v) is 13.5.